The van der Waals surface area contributed by atoms with Crippen LogP contribution in [-0.2, 0) is 16.9 Å². The molecule has 23 heavy (non-hydrogen) atoms. The number of hydrogen-bond acceptors (Lipinski definition) is 5. The van der Waals surface area contributed by atoms with Gasteiger partial charge in [-0.05, 0) is 6.07 Å². The van der Waals surface area contributed by atoms with Gasteiger partial charge in [-0.3, -0.25) is 4.98 Å². The number of rotatable bonds is 4. The number of phenolic OH excluding ortho intramolecular Hbond substituents is 2. The quantitative estimate of drug-likeness (QED) is 0.504. The molecule has 3 N–H and O–H groups in total. The van der Waals surface area contributed by atoms with Crippen LogP contribution in [0.1, 0.15) is 5.56 Å². The van der Waals surface area contributed by atoms with E-state index >= 15 is 0 Å². The summed E-state index contributed by atoms with van der Waals surface area (Å²) in [5.41, 5.74) is 2.96. The maximum absolute atomic E-state index is 12.6. The topological polar surface area (TPSA) is 95.4 Å². The normalized spacial score (nSPS) is 12.5. The third-order valence-corrected chi connectivity index (χ3v) is 4.73. The molecule has 1 atom stereocenters. The van der Waals surface area contributed by atoms with E-state index in [9.17, 15) is 14.8 Å². The Balaban J connectivity index is 1.90. The van der Waals surface area contributed by atoms with E-state index in [2.05, 4.69) is 9.97 Å². The Bertz CT molecular complexity index is 809. The van der Waals surface area contributed by atoms with Gasteiger partial charge in [-0.2, -0.15) is 4.98 Å². The number of hydrogen-bond donors (Lipinski definition) is 3. The van der Waals surface area contributed by atoms with Crippen LogP contribution in [0.15, 0.2) is 41.6 Å². The zero-order chi connectivity index (χ0) is 16.6. The number of para-hydroxylation sites is 1. The van der Waals surface area contributed by atoms with Crippen molar-refractivity contribution in [2.75, 3.05) is 19.0 Å². The molecule has 3 rings (SSSR count). The molecule has 1 unspecified atom stereocenters. The van der Waals surface area contributed by atoms with Crippen molar-refractivity contribution in [2.45, 2.75) is 10.9 Å². The maximum Gasteiger partial charge on any atom is 0.321 e. The van der Waals surface area contributed by atoms with Gasteiger partial charge in [0, 0.05) is 48.7 Å². The lowest BCUT2D eigenvalue weighted by atomic mass is 10.2. The van der Waals surface area contributed by atoms with Gasteiger partial charge in [0.15, 0.2) is 11.5 Å². The molecule has 2 aromatic carbocycles. The van der Waals surface area contributed by atoms with Crippen LogP contribution in [0.25, 0.3) is 11.0 Å². The Hall–Kier alpha value is -2.38. The minimum absolute atomic E-state index is 0.239. The maximum atomic E-state index is 12.6. The number of aromatic nitrogens is 2. The molecule has 3 aromatic rings. The molecule has 0 radical (unpaired) electrons. The van der Waals surface area contributed by atoms with Crippen molar-refractivity contribution < 1.29 is 14.8 Å². The SMILES string of the molecule is CN(C)c1ccccc1C[S+]([O-])c1nc2cc(O)c(O)cc2[nH]1. The molecule has 0 aliphatic rings. The highest BCUT2D eigenvalue weighted by molar-refractivity contribution is 7.90. The molecule has 0 bridgehead atoms. The number of fused-ring (bicyclic) bond motifs is 1. The Morgan fingerprint density at radius 2 is 1.87 bits per heavy atom. The highest BCUT2D eigenvalue weighted by Gasteiger charge is 2.20. The number of imidazole rings is 1. The number of aromatic amines is 1. The van der Waals surface area contributed by atoms with Crippen molar-refractivity contribution >= 4 is 27.9 Å². The zero-order valence-electron chi connectivity index (χ0n) is 12.8. The summed E-state index contributed by atoms with van der Waals surface area (Å²) in [7, 11) is 3.88. The standard InChI is InChI=1S/C16H17N3O3S/c1-19(2)13-6-4-3-5-10(13)9-23(22)16-17-11-7-14(20)15(21)8-12(11)18-16/h3-8,20-21H,9H2,1-2H3,(H,17,18). The van der Waals surface area contributed by atoms with Crippen LogP contribution in [0.2, 0.25) is 0 Å². The molecule has 6 nitrogen and oxygen atoms in total. The van der Waals surface area contributed by atoms with Gasteiger partial charge < -0.3 is 19.7 Å². The zero-order valence-corrected chi connectivity index (χ0v) is 13.6. The molecule has 0 spiro atoms. The summed E-state index contributed by atoms with van der Waals surface area (Å²) in [4.78, 5) is 9.15. The van der Waals surface area contributed by atoms with Gasteiger partial charge >= 0.3 is 5.16 Å². The van der Waals surface area contributed by atoms with Gasteiger partial charge in [0.2, 0.25) is 0 Å². The van der Waals surface area contributed by atoms with Crippen molar-refractivity contribution in [1.82, 2.24) is 9.97 Å². The Morgan fingerprint density at radius 3 is 2.61 bits per heavy atom. The molecular weight excluding hydrogens is 314 g/mol. The van der Waals surface area contributed by atoms with E-state index in [4.69, 9.17) is 0 Å². The van der Waals surface area contributed by atoms with Crippen LogP contribution in [0.5, 0.6) is 11.5 Å². The van der Waals surface area contributed by atoms with Crippen molar-refractivity contribution in [3.63, 3.8) is 0 Å². The minimum atomic E-state index is -1.36. The van der Waals surface area contributed by atoms with Gasteiger partial charge in [0.25, 0.3) is 0 Å². The number of anilines is 1. The number of nitrogens with one attached hydrogen (secondary N) is 1. The molecule has 0 aliphatic carbocycles. The highest BCUT2D eigenvalue weighted by atomic mass is 32.2. The molecule has 7 heteroatoms. The second-order valence-electron chi connectivity index (χ2n) is 5.41. The van der Waals surface area contributed by atoms with Crippen LogP contribution < -0.4 is 4.90 Å². The number of H-pyrrole nitrogens is 1. The fourth-order valence-corrected chi connectivity index (χ4v) is 3.48. The predicted octanol–water partition coefficient (Wildman–Crippen LogP) is 2.35. The van der Waals surface area contributed by atoms with Gasteiger partial charge in [-0.25, -0.2) is 0 Å². The van der Waals surface area contributed by atoms with Crippen LogP contribution in [0, 0.1) is 0 Å². The molecule has 1 heterocycles. The third kappa shape index (κ3) is 3.06. The number of phenols is 2. The molecule has 120 valence electrons. The average molecular weight is 331 g/mol. The van der Waals surface area contributed by atoms with E-state index in [1.54, 1.807) is 0 Å². The summed E-state index contributed by atoms with van der Waals surface area (Å²) >= 11 is -1.36. The summed E-state index contributed by atoms with van der Waals surface area (Å²) in [6.07, 6.45) is 0. The lowest BCUT2D eigenvalue weighted by Gasteiger charge is -2.17. The van der Waals surface area contributed by atoms with Gasteiger partial charge in [0.05, 0.1) is 11.0 Å². The van der Waals surface area contributed by atoms with Crippen molar-refractivity contribution in [3.05, 3.63) is 42.0 Å². The summed E-state index contributed by atoms with van der Waals surface area (Å²) in [5, 5.41) is 19.3. The first-order valence-corrected chi connectivity index (χ1v) is 8.33. The number of aromatic hydroxyl groups is 2. The van der Waals surface area contributed by atoms with Gasteiger partial charge in [0.1, 0.15) is 5.75 Å². The molecular formula is C16H17N3O3S. The smallest absolute Gasteiger partial charge is 0.321 e. The molecule has 0 saturated heterocycles. The lowest BCUT2D eigenvalue weighted by molar-refractivity contribution is 0.405. The summed E-state index contributed by atoms with van der Waals surface area (Å²) in [6.45, 7) is 0. The van der Waals surface area contributed by atoms with E-state index in [-0.39, 0.29) is 11.5 Å². The predicted molar refractivity (Wildman–Crippen MR) is 90.3 cm³/mol. The number of nitrogens with zero attached hydrogens (tertiary/aromatic N) is 2. The molecule has 0 saturated carbocycles. The van der Waals surface area contributed by atoms with Gasteiger partial charge in [-0.15, -0.1) is 0 Å². The molecule has 0 fully saturated rings. The van der Waals surface area contributed by atoms with Crippen LogP contribution in [0.4, 0.5) is 5.69 Å². The second-order valence-corrected chi connectivity index (χ2v) is 6.78. The van der Waals surface area contributed by atoms with Crippen molar-refractivity contribution in [1.29, 1.82) is 0 Å². The molecule has 0 amide bonds. The second kappa shape index (κ2) is 6.02. The van der Waals surface area contributed by atoms with Crippen LogP contribution >= 0.6 is 0 Å². The van der Waals surface area contributed by atoms with Crippen molar-refractivity contribution in [3.8, 4) is 11.5 Å². The van der Waals surface area contributed by atoms with E-state index < -0.39 is 11.2 Å². The summed E-state index contributed by atoms with van der Waals surface area (Å²) < 4.78 is 12.6. The highest BCUT2D eigenvalue weighted by Crippen LogP contribution is 2.30. The fourth-order valence-electron chi connectivity index (χ4n) is 2.40. The number of benzene rings is 2. The Kier molecular flexibility index (Phi) is 4.06. The first-order chi connectivity index (χ1) is 11.0. The van der Waals surface area contributed by atoms with E-state index in [0.717, 1.165) is 11.3 Å². The van der Waals surface area contributed by atoms with Crippen molar-refractivity contribution in [2.24, 2.45) is 0 Å². The fraction of sp³-hybridized carbons (Fsp3) is 0.188. The van der Waals surface area contributed by atoms with E-state index in [1.165, 1.54) is 12.1 Å². The Labute approximate surface area is 136 Å². The summed E-state index contributed by atoms with van der Waals surface area (Å²) in [6, 6.07) is 10.5. The lowest BCUT2D eigenvalue weighted by Crippen LogP contribution is -2.14. The third-order valence-electron chi connectivity index (χ3n) is 3.53. The largest absolute Gasteiger partial charge is 0.609 e. The minimum Gasteiger partial charge on any atom is -0.609 e. The van der Waals surface area contributed by atoms with Crippen LogP contribution in [0.3, 0.4) is 0 Å². The Morgan fingerprint density at radius 1 is 1.17 bits per heavy atom. The van der Waals surface area contributed by atoms with E-state index in [1.807, 2.05) is 43.3 Å². The first-order valence-electron chi connectivity index (χ1n) is 7.01. The van der Waals surface area contributed by atoms with E-state index in [0.29, 0.717) is 21.9 Å². The molecule has 0 aliphatic heterocycles. The van der Waals surface area contributed by atoms with Crippen LogP contribution in [-0.4, -0.2) is 38.8 Å². The monoisotopic (exact) mass is 331 g/mol. The first kappa shape index (κ1) is 15.5. The molecule has 1 aromatic heterocycles. The average Bonchev–Trinajstić information content (AvgIpc) is 2.91. The van der Waals surface area contributed by atoms with Gasteiger partial charge in [-0.1, -0.05) is 18.2 Å². The summed E-state index contributed by atoms with van der Waals surface area (Å²) in [5.74, 6) is -0.165.